The molecule has 2 rings (SSSR count). The van der Waals surface area contributed by atoms with Crippen LogP contribution in [0.4, 0.5) is 0 Å². The number of hydrogen-bond acceptors (Lipinski definition) is 3. The van der Waals surface area contributed by atoms with E-state index in [1.54, 1.807) is 36.1 Å². The van der Waals surface area contributed by atoms with Crippen molar-refractivity contribution in [3.63, 3.8) is 0 Å². The molecule has 1 amide bonds. The second kappa shape index (κ2) is 8.37. The average Bonchev–Trinajstić information content (AvgIpc) is 2.56. The molecule has 0 spiro atoms. The molecule has 0 radical (unpaired) electrons. The van der Waals surface area contributed by atoms with Crippen LogP contribution in [0, 0.1) is 5.92 Å². The number of esters is 1. The van der Waals surface area contributed by atoms with E-state index in [0.717, 1.165) is 0 Å². The zero-order valence-electron chi connectivity index (χ0n) is 12.9. The lowest BCUT2D eigenvalue weighted by Gasteiger charge is -2.30. The van der Waals surface area contributed by atoms with E-state index >= 15 is 0 Å². The van der Waals surface area contributed by atoms with E-state index in [-0.39, 0.29) is 17.8 Å². The van der Waals surface area contributed by atoms with Crippen LogP contribution in [0.25, 0.3) is 6.08 Å². The van der Waals surface area contributed by atoms with Gasteiger partial charge < -0.3 is 9.64 Å². The van der Waals surface area contributed by atoms with E-state index < -0.39 is 0 Å². The van der Waals surface area contributed by atoms with Crippen molar-refractivity contribution >= 4 is 41.2 Å². The Morgan fingerprint density at radius 3 is 2.65 bits per heavy atom. The van der Waals surface area contributed by atoms with Crippen LogP contribution >= 0.6 is 23.2 Å². The van der Waals surface area contributed by atoms with Gasteiger partial charge in [0.05, 0.1) is 22.6 Å². The molecule has 6 heteroatoms. The van der Waals surface area contributed by atoms with Gasteiger partial charge >= 0.3 is 5.97 Å². The number of rotatable bonds is 4. The number of benzene rings is 1. The van der Waals surface area contributed by atoms with Gasteiger partial charge in [0.15, 0.2) is 0 Å². The third-order valence-corrected chi connectivity index (χ3v) is 4.65. The number of halogens is 2. The molecule has 0 N–H and O–H groups in total. The second-order valence-electron chi connectivity index (χ2n) is 5.33. The van der Waals surface area contributed by atoms with Crippen LogP contribution in [0.15, 0.2) is 24.3 Å². The minimum Gasteiger partial charge on any atom is -0.466 e. The molecule has 23 heavy (non-hydrogen) atoms. The number of likely N-dealkylation sites (tertiary alicyclic amines) is 1. The summed E-state index contributed by atoms with van der Waals surface area (Å²) < 4.78 is 5.02. The van der Waals surface area contributed by atoms with E-state index in [4.69, 9.17) is 27.9 Å². The monoisotopic (exact) mass is 355 g/mol. The average molecular weight is 356 g/mol. The molecule has 1 aliphatic heterocycles. The first kappa shape index (κ1) is 17.8. The summed E-state index contributed by atoms with van der Waals surface area (Å²) in [7, 11) is 0. The first-order chi connectivity index (χ1) is 11.0. The molecule has 1 fully saturated rings. The van der Waals surface area contributed by atoms with Crippen LogP contribution in [-0.4, -0.2) is 36.5 Å². The summed E-state index contributed by atoms with van der Waals surface area (Å²) in [6.45, 7) is 3.29. The number of piperidine rings is 1. The maximum atomic E-state index is 12.2. The molecule has 124 valence electrons. The Hall–Kier alpha value is -1.52. The van der Waals surface area contributed by atoms with Crippen molar-refractivity contribution in [1.29, 1.82) is 0 Å². The van der Waals surface area contributed by atoms with Crippen LogP contribution < -0.4 is 0 Å². The lowest BCUT2D eigenvalue weighted by Crippen LogP contribution is -2.39. The Labute approximate surface area is 146 Å². The van der Waals surface area contributed by atoms with E-state index in [0.29, 0.717) is 48.1 Å². The topological polar surface area (TPSA) is 46.6 Å². The first-order valence-electron chi connectivity index (χ1n) is 7.60. The molecule has 0 unspecified atom stereocenters. The minimum atomic E-state index is -0.166. The zero-order chi connectivity index (χ0) is 16.8. The van der Waals surface area contributed by atoms with Crippen molar-refractivity contribution in [2.24, 2.45) is 5.92 Å². The molecule has 4 nitrogen and oxygen atoms in total. The highest BCUT2D eigenvalue weighted by atomic mass is 35.5. The zero-order valence-corrected chi connectivity index (χ0v) is 14.4. The molecule has 0 aliphatic carbocycles. The molecular formula is C17H19Cl2NO3. The Morgan fingerprint density at radius 1 is 1.30 bits per heavy atom. The Kier molecular flexibility index (Phi) is 6.48. The van der Waals surface area contributed by atoms with Gasteiger partial charge in [0.1, 0.15) is 0 Å². The quantitative estimate of drug-likeness (QED) is 0.609. The van der Waals surface area contributed by atoms with Gasteiger partial charge in [-0.05, 0) is 37.5 Å². The summed E-state index contributed by atoms with van der Waals surface area (Å²) in [6, 6.07) is 5.28. The van der Waals surface area contributed by atoms with E-state index in [1.807, 2.05) is 0 Å². The van der Waals surface area contributed by atoms with Crippen molar-refractivity contribution in [2.45, 2.75) is 19.8 Å². The van der Waals surface area contributed by atoms with Crippen LogP contribution in [0.2, 0.25) is 10.0 Å². The Bertz CT molecular complexity index is 608. The highest BCUT2D eigenvalue weighted by Crippen LogP contribution is 2.26. The van der Waals surface area contributed by atoms with Gasteiger partial charge in [0.2, 0.25) is 5.91 Å². The Morgan fingerprint density at radius 2 is 2.00 bits per heavy atom. The number of hydrogen-bond donors (Lipinski definition) is 0. The lowest BCUT2D eigenvalue weighted by atomic mass is 9.97. The summed E-state index contributed by atoms with van der Waals surface area (Å²) >= 11 is 12.0. The predicted molar refractivity (Wildman–Crippen MR) is 91.4 cm³/mol. The van der Waals surface area contributed by atoms with Crippen LogP contribution in [0.3, 0.4) is 0 Å². The molecular weight excluding hydrogens is 337 g/mol. The first-order valence-corrected chi connectivity index (χ1v) is 8.36. The van der Waals surface area contributed by atoms with Crippen LogP contribution in [0.5, 0.6) is 0 Å². The highest BCUT2D eigenvalue weighted by Gasteiger charge is 2.27. The maximum Gasteiger partial charge on any atom is 0.309 e. The van der Waals surface area contributed by atoms with Gasteiger partial charge in [0, 0.05) is 19.2 Å². The fourth-order valence-electron chi connectivity index (χ4n) is 2.51. The van der Waals surface area contributed by atoms with Gasteiger partial charge in [-0.25, -0.2) is 0 Å². The Balaban J connectivity index is 1.91. The number of carbonyl (C=O) groups excluding carboxylic acids is 2. The number of nitrogens with zero attached hydrogens (tertiary/aromatic N) is 1. The smallest absolute Gasteiger partial charge is 0.309 e. The van der Waals surface area contributed by atoms with Gasteiger partial charge in [-0.3, -0.25) is 9.59 Å². The molecule has 0 saturated carbocycles. The minimum absolute atomic E-state index is 0.0941. The van der Waals surface area contributed by atoms with Gasteiger partial charge in [0.25, 0.3) is 0 Å². The molecule has 1 aromatic rings. The summed E-state index contributed by atoms with van der Waals surface area (Å²) in [5, 5.41) is 0.885. The van der Waals surface area contributed by atoms with Crippen LogP contribution in [-0.2, 0) is 14.3 Å². The standard InChI is InChI=1S/C17H19Cl2NO3/c1-2-23-17(22)13-8-10-20(11-9-13)15(21)7-6-12-4-3-5-14(18)16(12)19/h3-7,13H,2,8-11H2,1H3/b7-6+. The van der Waals surface area contributed by atoms with Crippen molar-refractivity contribution in [1.82, 2.24) is 4.90 Å². The molecule has 1 heterocycles. The lowest BCUT2D eigenvalue weighted by molar-refractivity contribution is -0.150. The predicted octanol–water partition coefficient (Wildman–Crippen LogP) is 3.81. The summed E-state index contributed by atoms with van der Waals surface area (Å²) in [4.78, 5) is 25.6. The molecule has 0 aromatic heterocycles. The van der Waals surface area contributed by atoms with Gasteiger partial charge in [-0.1, -0.05) is 35.3 Å². The second-order valence-corrected chi connectivity index (χ2v) is 6.11. The maximum absolute atomic E-state index is 12.2. The number of ether oxygens (including phenoxy) is 1. The van der Waals surface area contributed by atoms with E-state index in [2.05, 4.69) is 0 Å². The van der Waals surface area contributed by atoms with Crippen molar-refractivity contribution in [3.05, 3.63) is 39.9 Å². The highest BCUT2D eigenvalue weighted by molar-refractivity contribution is 6.42. The fourth-order valence-corrected chi connectivity index (χ4v) is 2.88. The molecule has 1 aliphatic rings. The molecule has 0 bridgehead atoms. The van der Waals surface area contributed by atoms with Gasteiger partial charge in [-0.2, -0.15) is 0 Å². The van der Waals surface area contributed by atoms with Crippen molar-refractivity contribution in [3.8, 4) is 0 Å². The largest absolute Gasteiger partial charge is 0.466 e. The summed E-state index contributed by atoms with van der Waals surface area (Å²) in [6.07, 6.45) is 4.42. The molecule has 1 aromatic carbocycles. The normalized spacial score (nSPS) is 15.9. The van der Waals surface area contributed by atoms with Crippen LogP contribution in [0.1, 0.15) is 25.3 Å². The van der Waals surface area contributed by atoms with E-state index in [1.165, 1.54) is 6.08 Å². The number of amides is 1. The summed E-state index contributed by atoms with van der Waals surface area (Å²) in [5.41, 5.74) is 0.703. The van der Waals surface area contributed by atoms with Crippen molar-refractivity contribution < 1.29 is 14.3 Å². The molecule has 1 saturated heterocycles. The van der Waals surface area contributed by atoms with Gasteiger partial charge in [-0.15, -0.1) is 0 Å². The van der Waals surface area contributed by atoms with E-state index in [9.17, 15) is 9.59 Å². The summed E-state index contributed by atoms with van der Waals surface area (Å²) in [5.74, 6) is -0.366. The fraction of sp³-hybridized carbons (Fsp3) is 0.412. The molecule has 0 atom stereocenters. The van der Waals surface area contributed by atoms with Crippen molar-refractivity contribution in [2.75, 3.05) is 19.7 Å². The third-order valence-electron chi connectivity index (χ3n) is 3.81. The number of carbonyl (C=O) groups is 2. The SMILES string of the molecule is CCOC(=O)C1CCN(C(=O)/C=C/c2cccc(Cl)c2Cl)CC1. The third kappa shape index (κ3) is 4.72.